The predicted octanol–water partition coefficient (Wildman–Crippen LogP) is 3.38. The highest BCUT2D eigenvalue weighted by Crippen LogP contribution is 2.17. The monoisotopic (exact) mass is 403 g/mol. The second-order valence-corrected chi connectivity index (χ2v) is 7.75. The molecule has 2 heterocycles. The molecule has 0 saturated carbocycles. The molecule has 3 aromatic rings. The summed E-state index contributed by atoms with van der Waals surface area (Å²) in [6, 6.07) is 14.0. The highest BCUT2D eigenvalue weighted by molar-refractivity contribution is 9.10. The summed E-state index contributed by atoms with van der Waals surface area (Å²) in [7, 11) is -3.55. The minimum atomic E-state index is -3.55. The van der Waals surface area contributed by atoms with Crippen molar-refractivity contribution in [3.8, 4) is 11.3 Å². The highest BCUT2D eigenvalue weighted by atomic mass is 79.9. The number of nitrogens with zero attached hydrogens (tertiary/aromatic N) is 2. The smallest absolute Gasteiger partial charge is 0.240 e. The van der Waals surface area contributed by atoms with Gasteiger partial charge < -0.3 is 0 Å². The zero-order chi connectivity index (χ0) is 17.0. The van der Waals surface area contributed by atoms with Crippen LogP contribution in [0.2, 0.25) is 0 Å². The quantitative estimate of drug-likeness (QED) is 0.708. The molecule has 1 aromatic carbocycles. The van der Waals surface area contributed by atoms with Crippen LogP contribution in [0, 0.1) is 0 Å². The Morgan fingerprint density at radius 1 is 1.00 bits per heavy atom. The number of aromatic nitrogens is 2. The van der Waals surface area contributed by atoms with Gasteiger partial charge in [-0.05, 0) is 48.0 Å². The molecule has 0 amide bonds. The van der Waals surface area contributed by atoms with Crippen LogP contribution in [0.4, 0.5) is 0 Å². The fourth-order valence-corrected chi connectivity index (χ4v) is 3.37. The van der Waals surface area contributed by atoms with Crippen molar-refractivity contribution in [1.29, 1.82) is 0 Å². The predicted molar refractivity (Wildman–Crippen MR) is 95.6 cm³/mol. The first-order valence-corrected chi connectivity index (χ1v) is 9.43. The average molecular weight is 404 g/mol. The van der Waals surface area contributed by atoms with Gasteiger partial charge in [-0.3, -0.25) is 9.97 Å². The van der Waals surface area contributed by atoms with Crippen LogP contribution in [-0.4, -0.2) is 18.4 Å². The van der Waals surface area contributed by atoms with Crippen LogP contribution in [0.15, 0.2) is 76.5 Å². The van der Waals surface area contributed by atoms with E-state index in [0.717, 1.165) is 21.3 Å². The highest BCUT2D eigenvalue weighted by Gasteiger charge is 2.13. The van der Waals surface area contributed by atoms with Gasteiger partial charge in [-0.25, -0.2) is 13.1 Å². The largest absolute Gasteiger partial charge is 0.264 e. The molecule has 0 atom stereocenters. The van der Waals surface area contributed by atoms with E-state index in [-0.39, 0.29) is 11.4 Å². The molecule has 7 heteroatoms. The van der Waals surface area contributed by atoms with E-state index >= 15 is 0 Å². The van der Waals surface area contributed by atoms with E-state index in [1.165, 1.54) is 0 Å². The standard InChI is InChI=1S/C17H14BrN3O2S/c18-15-4-6-16(7-5-15)24(22,23)21-11-13-3-8-17(20-10-13)14-2-1-9-19-12-14/h1-10,12,21H,11H2. The second kappa shape index (κ2) is 7.21. The maximum Gasteiger partial charge on any atom is 0.240 e. The van der Waals surface area contributed by atoms with E-state index in [1.54, 1.807) is 42.9 Å². The van der Waals surface area contributed by atoms with E-state index in [4.69, 9.17) is 0 Å². The van der Waals surface area contributed by atoms with Crippen LogP contribution in [0.5, 0.6) is 0 Å². The van der Waals surface area contributed by atoms with E-state index < -0.39 is 10.0 Å². The fourth-order valence-electron chi connectivity index (χ4n) is 2.09. The third-order valence-corrected chi connectivity index (χ3v) is 5.32. The van der Waals surface area contributed by atoms with Crippen LogP contribution >= 0.6 is 15.9 Å². The molecular weight excluding hydrogens is 390 g/mol. The van der Waals surface area contributed by atoms with Crippen molar-refractivity contribution in [2.75, 3.05) is 0 Å². The molecule has 122 valence electrons. The molecule has 0 aliphatic rings. The van der Waals surface area contributed by atoms with Crippen LogP contribution < -0.4 is 4.72 Å². The summed E-state index contributed by atoms with van der Waals surface area (Å²) in [6.07, 6.45) is 5.10. The Morgan fingerprint density at radius 3 is 2.42 bits per heavy atom. The number of nitrogens with one attached hydrogen (secondary N) is 1. The van der Waals surface area contributed by atoms with Crippen LogP contribution in [0.3, 0.4) is 0 Å². The first kappa shape index (κ1) is 16.8. The lowest BCUT2D eigenvalue weighted by atomic mass is 10.1. The Balaban J connectivity index is 1.69. The minimum absolute atomic E-state index is 0.179. The number of halogens is 1. The van der Waals surface area contributed by atoms with E-state index in [0.29, 0.717) is 0 Å². The maximum atomic E-state index is 12.3. The number of rotatable bonds is 5. The molecule has 0 radical (unpaired) electrons. The fraction of sp³-hybridized carbons (Fsp3) is 0.0588. The van der Waals surface area contributed by atoms with Gasteiger partial charge in [-0.1, -0.05) is 22.0 Å². The van der Waals surface area contributed by atoms with Crippen molar-refractivity contribution in [3.63, 3.8) is 0 Å². The Labute approximate surface area is 149 Å². The lowest BCUT2D eigenvalue weighted by Gasteiger charge is -2.07. The van der Waals surface area contributed by atoms with Gasteiger partial charge >= 0.3 is 0 Å². The Kier molecular flexibility index (Phi) is 5.03. The summed E-state index contributed by atoms with van der Waals surface area (Å²) in [5.41, 5.74) is 2.49. The number of benzene rings is 1. The van der Waals surface area contributed by atoms with Gasteiger partial charge in [0.15, 0.2) is 0 Å². The lowest BCUT2D eigenvalue weighted by molar-refractivity contribution is 0.581. The molecule has 0 spiro atoms. The van der Waals surface area contributed by atoms with Crippen LogP contribution in [-0.2, 0) is 16.6 Å². The maximum absolute atomic E-state index is 12.3. The van der Waals surface area contributed by atoms with Crippen LogP contribution in [0.25, 0.3) is 11.3 Å². The summed E-state index contributed by atoms with van der Waals surface area (Å²) in [4.78, 5) is 8.64. The first-order valence-electron chi connectivity index (χ1n) is 7.15. The lowest BCUT2D eigenvalue weighted by Crippen LogP contribution is -2.23. The SMILES string of the molecule is O=S(=O)(NCc1ccc(-c2cccnc2)nc1)c1ccc(Br)cc1. The molecule has 1 N–H and O–H groups in total. The van der Waals surface area contributed by atoms with Gasteiger partial charge in [0.05, 0.1) is 10.6 Å². The van der Waals surface area contributed by atoms with Crippen molar-refractivity contribution in [1.82, 2.24) is 14.7 Å². The van der Waals surface area contributed by atoms with Gasteiger partial charge in [0, 0.05) is 35.2 Å². The van der Waals surface area contributed by atoms with Gasteiger partial charge in [0.2, 0.25) is 10.0 Å². The molecule has 0 bridgehead atoms. The van der Waals surface area contributed by atoms with Crippen LogP contribution in [0.1, 0.15) is 5.56 Å². The number of sulfonamides is 1. The molecule has 24 heavy (non-hydrogen) atoms. The van der Waals surface area contributed by atoms with Gasteiger partial charge in [-0.2, -0.15) is 0 Å². The average Bonchev–Trinajstić information content (AvgIpc) is 2.62. The zero-order valence-electron chi connectivity index (χ0n) is 12.6. The van der Waals surface area contributed by atoms with Crippen molar-refractivity contribution in [3.05, 3.63) is 77.2 Å². The summed E-state index contributed by atoms with van der Waals surface area (Å²) < 4.78 is 27.9. The van der Waals surface area contributed by atoms with E-state index in [9.17, 15) is 8.42 Å². The molecule has 3 rings (SSSR count). The number of hydrogen-bond acceptors (Lipinski definition) is 4. The first-order chi connectivity index (χ1) is 11.5. The van der Waals surface area contributed by atoms with E-state index in [1.807, 2.05) is 24.3 Å². The normalized spacial score (nSPS) is 11.4. The molecule has 0 fully saturated rings. The summed E-state index contributed by atoms with van der Waals surface area (Å²) in [5, 5.41) is 0. The molecule has 0 unspecified atom stereocenters. The summed E-state index contributed by atoms with van der Waals surface area (Å²) >= 11 is 3.29. The Hall–Kier alpha value is -2.09. The second-order valence-electron chi connectivity index (χ2n) is 5.07. The van der Waals surface area contributed by atoms with Crippen molar-refractivity contribution in [2.24, 2.45) is 0 Å². The third kappa shape index (κ3) is 4.05. The molecule has 2 aromatic heterocycles. The third-order valence-electron chi connectivity index (χ3n) is 3.37. The topological polar surface area (TPSA) is 72.0 Å². The van der Waals surface area contributed by atoms with Crippen molar-refractivity contribution < 1.29 is 8.42 Å². The number of hydrogen-bond donors (Lipinski definition) is 1. The Bertz CT molecular complexity index is 912. The molecule has 0 aliphatic heterocycles. The summed E-state index contributed by atoms with van der Waals surface area (Å²) in [5.74, 6) is 0. The molecule has 0 aliphatic carbocycles. The molecule has 0 saturated heterocycles. The minimum Gasteiger partial charge on any atom is -0.264 e. The number of pyridine rings is 2. The van der Waals surface area contributed by atoms with Gasteiger partial charge in [-0.15, -0.1) is 0 Å². The Morgan fingerprint density at radius 2 is 1.79 bits per heavy atom. The van der Waals surface area contributed by atoms with Crippen molar-refractivity contribution >= 4 is 26.0 Å². The summed E-state index contributed by atoms with van der Waals surface area (Å²) in [6.45, 7) is 0.179. The van der Waals surface area contributed by atoms with Crippen molar-refractivity contribution in [2.45, 2.75) is 11.4 Å². The molecule has 5 nitrogen and oxygen atoms in total. The molecular formula is C17H14BrN3O2S. The van der Waals surface area contributed by atoms with Gasteiger partial charge in [0.25, 0.3) is 0 Å². The van der Waals surface area contributed by atoms with Gasteiger partial charge in [0.1, 0.15) is 0 Å². The zero-order valence-corrected chi connectivity index (χ0v) is 15.0. The van der Waals surface area contributed by atoms with E-state index in [2.05, 4.69) is 30.6 Å².